The van der Waals surface area contributed by atoms with Crippen LogP contribution in [0.5, 0.6) is 17.2 Å². The summed E-state index contributed by atoms with van der Waals surface area (Å²) in [7, 11) is 5.08. The van der Waals surface area contributed by atoms with Crippen LogP contribution in [0.25, 0.3) is 10.8 Å². The largest absolute Gasteiger partial charge is 0.497 e. The van der Waals surface area contributed by atoms with Gasteiger partial charge in [-0.1, -0.05) is 36.4 Å². The number of hydrogen-bond acceptors (Lipinski definition) is 6. The Hall–Kier alpha value is -4.03. The molecule has 0 amide bonds. The number of likely N-dealkylation sites (tertiary alicyclic amines) is 1. The molecule has 0 bridgehead atoms. The minimum Gasteiger partial charge on any atom is -0.497 e. The third-order valence-corrected chi connectivity index (χ3v) is 7.99. The quantitative estimate of drug-likeness (QED) is 0.294. The number of fused-ring (bicyclic) bond motifs is 2. The van der Waals surface area contributed by atoms with Crippen molar-refractivity contribution in [3.8, 4) is 17.2 Å². The average molecular weight is 522 g/mol. The Bertz CT molecular complexity index is 1510. The number of rotatable bonds is 7. The summed E-state index contributed by atoms with van der Waals surface area (Å²) in [5.41, 5.74) is 5.60. The highest BCUT2D eigenvalue weighted by Crippen LogP contribution is 2.34. The first-order valence-corrected chi connectivity index (χ1v) is 13.6. The Kier molecular flexibility index (Phi) is 7.12. The third-order valence-electron chi connectivity index (χ3n) is 7.99. The lowest BCUT2D eigenvalue weighted by Crippen LogP contribution is -2.44. The highest BCUT2D eigenvalue weighted by Gasteiger charge is 2.30. The van der Waals surface area contributed by atoms with E-state index in [2.05, 4.69) is 64.5 Å². The first kappa shape index (κ1) is 25.3. The predicted molar refractivity (Wildman–Crippen MR) is 156 cm³/mol. The smallest absolute Gasteiger partial charge is 0.132 e. The molecular weight excluding hydrogens is 486 g/mol. The third kappa shape index (κ3) is 5.17. The minimum absolute atomic E-state index is 0.372. The van der Waals surface area contributed by atoms with Gasteiger partial charge < -0.3 is 14.2 Å². The van der Waals surface area contributed by atoms with E-state index in [9.17, 15) is 0 Å². The Morgan fingerprint density at radius 3 is 2.21 bits per heavy atom. The molecule has 4 aromatic rings. The van der Waals surface area contributed by atoms with Crippen molar-refractivity contribution in [3.05, 3.63) is 101 Å². The van der Waals surface area contributed by atoms with E-state index in [0.29, 0.717) is 6.04 Å². The fourth-order valence-corrected chi connectivity index (χ4v) is 5.83. The van der Waals surface area contributed by atoms with Gasteiger partial charge in [0.05, 0.1) is 27.9 Å². The molecule has 39 heavy (non-hydrogen) atoms. The maximum Gasteiger partial charge on any atom is 0.132 e. The van der Waals surface area contributed by atoms with Gasteiger partial charge in [-0.3, -0.25) is 9.91 Å². The van der Waals surface area contributed by atoms with Crippen LogP contribution in [0.4, 0.5) is 0 Å². The van der Waals surface area contributed by atoms with Gasteiger partial charge in [0.15, 0.2) is 0 Å². The summed E-state index contributed by atoms with van der Waals surface area (Å²) in [6.45, 7) is 3.85. The van der Waals surface area contributed by atoms with Gasteiger partial charge in [0.25, 0.3) is 0 Å². The second-order valence-electron chi connectivity index (χ2n) is 10.3. The zero-order chi connectivity index (χ0) is 26.8. The molecule has 0 unspecified atom stereocenters. The van der Waals surface area contributed by atoms with Gasteiger partial charge in [0.1, 0.15) is 23.0 Å². The molecule has 0 spiro atoms. The summed E-state index contributed by atoms with van der Waals surface area (Å²) in [5, 5.41) is 10.1. The average Bonchev–Trinajstić information content (AvgIpc) is 3.00. The first-order chi connectivity index (χ1) is 19.1. The molecule has 0 aromatic heterocycles. The molecule has 0 N–H and O–H groups in total. The summed E-state index contributed by atoms with van der Waals surface area (Å²) >= 11 is 0. The summed E-state index contributed by atoms with van der Waals surface area (Å²) in [6, 6.07) is 28.0. The topological polar surface area (TPSA) is 46.5 Å². The zero-order valence-electron chi connectivity index (χ0n) is 22.9. The van der Waals surface area contributed by atoms with E-state index in [1.807, 2.05) is 24.3 Å². The Labute approximate surface area is 230 Å². The van der Waals surface area contributed by atoms with Crippen molar-refractivity contribution >= 4 is 16.5 Å². The second kappa shape index (κ2) is 11.0. The molecule has 6 nitrogen and oxygen atoms in total. The molecule has 2 aliphatic rings. The first-order valence-electron chi connectivity index (χ1n) is 13.6. The number of benzene rings is 4. The molecule has 6 rings (SSSR count). The summed E-state index contributed by atoms with van der Waals surface area (Å²) < 4.78 is 16.8. The zero-order valence-corrected chi connectivity index (χ0v) is 22.9. The molecule has 0 atom stereocenters. The van der Waals surface area contributed by atoms with E-state index in [4.69, 9.17) is 19.3 Å². The van der Waals surface area contributed by atoms with Crippen LogP contribution >= 0.6 is 0 Å². The maximum atomic E-state index is 5.77. The van der Waals surface area contributed by atoms with Crippen LogP contribution in [0, 0.1) is 0 Å². The molecule has 4 aromatic carbocycles. The monoisotopic (exact) mass is 521 g/mol. The van der Waals surface area contributed by atoms with E-state index < -0.39 is 0 Å². The predicted octanol–water partition coefficient (Wildman–Crippen LogP) is 6.10. The van der Waals surface area contributed by atoms with Crippen molar-refractivity contribution in [3.63, 3.8) is 0 Å². The lowest BCUT2D eigenvalue weighted by Gasteiger charge is -2.39. The van der Waals surface area contributed by atoms with Gasteiger partial charge in [0.2, 0.25) is 0 Å². The number of piperidine rings is 1. The van der Waals surface area contributed by atoms with Crippen LogP contribution in [0.2, 0.25) is 0 Å². The van der Waals surface area contributed by atoms with Crippen LogP contribution in [0.1, 0.15) is 35.1 Å². The standard InChI is InChI=1S/C33H35N3O3/c1-37-28-10-12-30-26(19-28)22-36(34-33(30)31-13-11-29(38-2)20-32(31)39-3)27-14-16-35(17-15-27)21-23-8-9-24-6-4-5-7-25(24)18-23/h4-13,18-20,27H,14-17,21-22H2,1-3H3. The van der Waals surface area contributed by atoms with Crippen molar-refractivity contribution < 1.29 is 14.2 Å². The van der Waals surface area contributed by atoms with Gasteiger partial charge >= 0.3 is 0 Å². The van der Waals surface area contributed by atoms with Crippen LogP contribution in [-0.4, -0.2) is 56.1 Å². The molecule has 1 fully saturated rings. The van der Waals surface area contributed by atoms with Crippen LogP contribution < -0.4 is 14.2 Å². The summed E-state index contributed by atoms with van der Waals surface area (Å²) in [4.78, 5) is 2.57. The van der Waals surface area contributed by atoms with E-state index >= 15 is 0 Å². The number of ether oxygens (including phenoxy) is 3. The molecule has 6 heteroatoms. The molecule has 200 valence electrons. The fraction of sp³-hybridized carbons (Fsp3) is 0.303. The molecule has 0 radical (unpaired) electrons. The van der Waals surface area contributed by atoms with E-state index in [0.717, 1.165) is 73.1 Å². The van der Waals surface area contributed by atoms with Crippen molar-refractivity contribution in [1.82, 2.24) is 9.91 Å². The summed E-state index contributed by atoms with van der Waals surface area (Å²) in [5.74, 6) is 2.38. The van der Waals surface area contributed by atoms with Gasteiger partial charge in [0, 0.05) is 42.9 Å². The van der Waals surface area contributed by atoms with Crippen molar-refractivity contribution in [1.29, 1.82) is 0 Å². The molecule has 0 aliphatic carbocycles. The summed E-state index contributed by atoms with van der Waals surface area (Å²) in [6.07, 6.45) is 2.15. The molecule has 2 heterocycles. The van der Waals surface area contributed by atoms with Crippen LogP contribution in [0.15, 0.2) is 84.0 Å². The van der Waals surface area contributed by atoms with Gasteiger partial charge in [-0.2, -0.15) is 5.10 Å². The van der Waals surface area contributed by atoms with Gasteiger partial charge in [-0.25, -0.2) is 0 Å². The fourth-order valence-electron chi connectivity index (χ4n) is 5.83. The normalized spacial score (nSPS) is 16.1. The van der Waals surface area contributed by atoms with E-state index in [1.54, 1.807) is 21.3 Å². The Balaban J connectivity index is 1.23. The number of hydrogen-bond donors (Lipinski definition) is 0. The lowest BCUT2D eigenvalue weighted by atomic mass is 9.94. The van der Waals surface area contributed by atoms with Crippen molar-refractivity contribution in [2.45, 2.75) is 32.0 Å². The Morgan fingerprint density at radius 2 is 1.46 bits per heavy atom. The van der Waals surface area contributed by atoms with Crippen LogP contribution in [0.3, 0.4) is 0 Å². The highest BCUT2D eigenvalue weighted by atomic mass is 16.5. The number of methoxy groups -OCH3 is 3. The van der Waals surface area contributed by atoms with Crippen molar-refractivity contribution in [2.75, 3.05) is 34.4 Å². The second-order valence-corrected chi connectivity index (χ2v) is 10.3. The minimum atomic E-state index is 0.372. The number of nitrogens with zero attached hydrogens (tertiary/aromatic N) is 3. The number of hydrazone groups is 1. The van der Waals surface area contributed by atoms with E-state index in [-0.39, 0.29) is 0 Å². The van der Waals surface area contributed by atoms with Gasteiger partial charge in [-0.15, -0.1) is 0 Å². The lowest BCUT2D eigenvalue weighted by molar-refractivity contribution is 0.100. The molecule has 2 aliphatic heterocycles. The SMILES string of the molecule is COc1ccc2c(c1)CN(C1CCN(Cc3ccc4ccccc4c3)CC1)N=C2c1ccc(OC)cc1OC. The van der Waals surface area contributed by atoms with Crippen molar-refractivity contribution in [2.24, 2.45) is 5.10 Å². The molecular formula is C33H35N3O3. The molecule has 1 saturated heterocycles. The maximum absolute atomic E-state index is 5.77. The van der Waals surface area contributed by atoms with E-state index in [1.165, 1.54) is 21.9 Å². The van der Waals surface area contributed by atoms with Crippen LogP contribution in [-0.2, 0) is 13.1 Å². The van der Waals surface area contributed by atoms with Gasteiger partial charge in [-0.05, 0) is 71.1 Å². The highest BCUT2D eigenvalue weighted by molar-refractivity contribution is 6.15. The molecule has 0 saturated carbocycles. The Morgan fingerprint density at radius 1 is 0.744 bits per heavy atom.